The van der Waals surface area contributed by atoms with E-state index in [1.165, 1.54) is 32.4 Å². The fourth-order valence-electron chi connectivity index (χ4n) is 4.99. The number of imidazole rings is 1. The van der Waals surface area contributed by atoms with E-state index in [1.807, 2.05) is 68.7 Å². The van der Waals surface area contributed by atoms with E-state index in [-0.39, 0.29) is 0 Å². The second-order valence-corrected chi connectivity index (χ2v) is 10.3. The highest BCUT2D eigenvalue weighted by molar-refractivity contribution is 5.76. The van der Waals surface area contributed by atoms with Crippen LogP contribution in [-0.2, 0) is 19.1 Å². The number of piperidine rings is 1. The van der Waals surface area contributed by atoms with Crippen molar-refractivity contribution in [3.63, 3.8) is 0 Å². The highest BCUT2D eigenvalue weighted by Gasteiger charge is 2.28. The fraction of sp³-hybridized carbons (Fsp3) is 0.323. The molecular weight excluding hydrogens is 486 g/mol. The van der Waals surface area contributed by atoms with Crippen molar-refractivity contribution in [2.45, 2.75) is 44.6 Å². The van der Waals surface area contributed by atoms with Gasteiger partial charge in [-0.25, -0.2) is 9.97 Å². The summed E-state index contributed by atoms with van der Waals surface area (Å²) >= 11 is 0. The summed E-state index contributed by atoms with van der Waals surface area (Å²) in [4.78, 5) is 12.6. The number of pyridine rings is 1. The molecule has 1 unspecified atom stereocenters. The second kappa shape index (κ2) is 11.8. The van der Waals surface area contributed by atoms with Gasteiger partial charge in [0, 0.05) is 42.7 Å². The first kappa shape index (κ1) is 26.6. The first-order valence-electron chi connectivity index (χ1n) is 13.6. The molecule has 8 nitrogen and oxygen atoms in total. The molecule has 0 saturated carbocycles. The third-order valence-electron chi connectivity index (χ3n) is 7.36. The van der Waals surface area contributed by atoms with Gasteiger partial charge in [0.1, 0.15) is 17.2 Å². The van der Waals surface area contributed by atoms with Crippen molar-refractivity contribution >= 4 is 11.9 Å². The van der Waals surface area contributed by atoms with Gasteiger partial charge in [-0.05, 0) is 62.6 Å². The van der Waals surface area contributed by atoms with Crippen LogP contribution in [0, 0.1) is 0 Å². The van der Waals surface area contributed by atoms with Gasteiger partial charge in [-0.3, -0.25) is 4.68 Å². The van der Waals surface area contributed by atoms with E-state index in [0.29, 0.717) is 24.5 Å². The molecule has 1 atom stereocenters. The zero-order chi connectivity index (χ0) is 27.2. The Bertz CT molecular complexity index is 1450. The third kappa shape index (κ3) is 6.19. The number of nitrogen functional groups attached to an aromatic ring is 1. The number of fused-ring (bicyclic) bond motifs is 1. The standard InChI is InChI=1S/C26H26N6O.C5H11N/c1-26(33,19-7-4-3-5-8-19)20-9-6-10-22-23(12-11-20)31-25(30-22)21-13-17(14-28-24(21)27)18-15-29-32(2)16-18;1-2-4-6-5-3-1/h3-8,10-11,13-16,33H,9,12H2,1-2H3,(H2,27,28)(H,30,31);6H,1-5H2/b10-6-,20-11+;. The largest absolute Gasteiger partial charge is 0.383 e. The Balaban J connectivity index is 0.000000455. The van der Waals surface area contributed by atoms with Gasteiger partial charge >= 0.3 is 0 Å². The summed E-state index contributed by atoms with van der Waals surface area (Å²) < 4.78 is 1.75. The van der Waals surface area contributed by atoms with E-state index in [2.05, 4.69) is 26.5 Å². The van der Waals surface area contributed by atoms with Crippen LogP contribution in [-0.4, -0.2) is 42.9 Å². The van der Waals surface area contributed by atoms with Crippen molar-refractivity contribution < 1.29 is 5.11 Å². The Morgan fingerprint density at radius 1 is 1.03 bits per heavy atom. The van der Waals surface area contributed by atoms with Gasteiger partial charge in [-0.15, -0.1) is 0 Å². The molecule has 0 bridgehead atoms. The number of aromatic nitrogens is 5. The number of rotatable bonds is 4. The minimum absolute atomic E-state index is 0.414. The average Bonchev–Trinajstić information content (AvgIpc) is 3.56. The first-order chi connectivity index (χ1) is 18.9. The number of hydrogen-bond donors (Lipinski definition) is 4. The number of aliphatic hydroxyl groups is 1. The monoisotopic (exact) mass is 523 g/mol. The number of allylic oxidation sites excluding steroid dienone is 2. The first-order valence-corrected chi connectivity index (χ1v) is 13.6. The molecule has 6 rings (SSSR count). The molecule has 4 aromatic rings. The summed E-state index contributed by atoms with van der Waals surface area (Å²) in [6.07, 6.45) is 17.1. The van der Waals surface area contributed by atoms with E-state index in [1.54, 1.807) is 17.1 Å². The maximum absolute atomic E-state index is 11.3. The molecule has 1 aliphatic heterocycles. The lowest BCUT2D eigenvalue weighted by atomic mass is 9.84. The van der Waals surface area contributed by atoms with Crippen molar-refractivity contribution in [3.05, 3.63) is 89.7 Å². The number of nitrogens with one attached hydrogen (secondary N) is 2. The van der Waals surface area contributed by atoms with Gasteiger partial charge in [0.15, 0.2) is 0 Å². The second-order valence-electron chi connectivity index (χ2n) is 10.3. The third-order valence-corrected chi connectivity index (χ3v) is 7.36. The Hall–Kier alpha value is -4.01. The molecule has 202 valence electrons. The van der Waals surface area contributed by atoms with Gasteiger partial charge in [-0.2, -0.15) is 5.10 Å². The smallest absolute Gasteiger partial charge is 0.141 e. The van der Waals surface area contributed by atoms with E-state index in [9.17, 15) is 5.11 Å². The van der Waals surface area contributed by atoms with Crippen LogP contribution in [0.4, 0.5) is 5.82 Å². The number of hydrogen-bond acceptors (Lipinski definition) is 6. The topological polar surface area (TPSA) is 118 Å². The molecule has 4 heterocycles. The normalized spacial score (nSPS) is 18.8. The molecule has 1 aliphatic carbocycles. The number of anilines is 1. The molecule has 39 heavy (non-hydrogen) atoms. The van der Waals surface area contributed by atoms with Crippen LogP contribution in [0.15, 0.2) is 72.7 Å². The van der Waals surface area contributed by atoms with Crippen LogP contribution in [0.3, 0.4) is 0 Å². The molecule has 0 radical (unpaired) electrons. The molecule has 0 amide bonds. The predicted octanol–water partition coefficient (Wildman–Crippen LogP) is 5.01. The van der Waals surface area contributed by atoms with Crippen LogP contribution in [0.25, 0.3) is 28.6 Å². The molecule has 5 N–H and O–H groups in total. The van der Waals surface area contributed by atoms with Gasteiger partial charge in [0.25, 0.3) is 0 Å². The number of benzene rings is 1. The minimum Gasteiger partial charge on any atom is -0.383 e. The average molecular weight is 524 g/mol. The number of nitrogens with two attached hydrogens (primary N) is 1. The highest BCUT2D eigenvalue weighted by Crippen LogP contribution is 2.34. The summed E-state index contributed by atoms with van der Waals surface area (Å²) in [6.45, 7) is 4.35. The number of nitrogens with zero attached hydrogens (tertiary/aromatic N) is 4. The predicted molar refractivity (Wildman–Crippen MR) is 157 cm³/mol. The quantitative estimate of drug-likeness (QED) is 0.279. The van der Waals surface area contributed by atoms with Gasteiger partial charge < -0.3 is 21.1 Å². The van der Waals surface area contributed by atoms with Crippen LogP contribution >= 0.6 is 0 Å². The molecule has 3 aromatic heterocycles. The minimum atomic E-state index is -1.04. The molecule has 1 saturated heterocycles. The van der Waals surface area contributed by atoms with E-state index in [0.717, 1.165) is 39.2 Å². The van der Waals surface area contributed by atoms with Crippen molar-refractivity contribution in [2.24, 2.45) is 7.05 Å². The zero-order valence-corrected chi connectivity index (χ0v) is 22.7. The molecule has 0 spiro atoms. The molecular formula is C31H37N7O. The van der Waals surface area contributed by atoms with Crippen LogP contribution in [0.2, 0.25) is 0 Å². The van der Waals surface area contributed by atoms with Crippen molar-refractivity contribution in [1.82, 2.24) is 30.0 Å². The fourth-order valence-corrected chi connectivity index (χ4v) is 4.99. The summed E-state index contributed by atoms with van der Waals surface area (Å²) in [6, 6.07) is 11.7. The highest BCUT2D eigenvalue weighted by atomic mass is 16.3. The summed E-state index contributed by atoms with van der Waals surface area (Å²) in [7, 11) is 1.88. The Labute approximate surface area is 229 Å². The van der Waals surface area contributed by atoms with Crippen molar-refractivity contribution in [3.8, 4) is 22.5 Å². The summed E-state index contributed by atoms with van der Waals surface area (Å²) in [5.41, 5.74) is 11.5. The van der Waals surface area contributed by atoms with Crippen LogP contribution < -0.4 is 11.1 Å². The molecule has 8 heteroatoms. The van der Waals surface area contributed by atoms with Gasteiger partial charge in [-0.1, -0.05) is 48.9 Å². The van der Waals surface area contributed by atoms with Crippen molar-refractivity contribution in [2.75, 3.05) is 18.8 Å². The Morgan fingerprint density at radius 3 is 2.49 bits per heavy atom. The van der Waals surface area contributed by atoms with Crippen molar-refractivity contribution in [1.29, 1.82) is 0 Å². The Kier molecular flexibility index (Phi) is 8.05. The molecule has 1 fully saturated rings. The SMILES string of the molecule is C1CCNCC1.Cn1cc(-c2cnc(N)c(-c3nc4c([nH]3)C/C=C(/C(C)(O)c3ccccc3)C/C=C\4)c2)cn1. The van der Waals surface area contributed by atoms with Gasteiger partial charge in [0.05, 0.1) is 17.5 Å². The maximum atomic E-state index is 11.3. The summed E-state index contributed by atoms with van der Waals surface area (Å²) in [5, 5.41) is 18.8. The van der Waals surface area contributed by atoms with E-state index < -0.39 is 5.60 Å². The lowest BCUT2D eigenvalue weighted by molar-refractivity contribution is 0.0949. The lowest BCUT2D eigenvalue weighted by Gasteiger charge is -2.27. The lowest BCUT2D eigenvalue weighted by Crippen LogP contribution is -2.24. The maximum Gasteiger partial charge on any atom is 0.141 e. The number of aromatic amines is 1. The molecule has 2 aliphatic rings. The molecule has 1 aromatic carbocycles. The van der Waals surface area contributed by atoms with Crippen LogP contribution in [0.5, 0.6) is 0 Å². The summed E-state index contributed by atoms with van der Waals surface area (Å²) in [5.74, 6) is 1.09. The Morgan fingerprint density at radius 2 is 1.82 bits per heavy atom. The number of H-pyrrole nitrogens is 1. The van der Waals surface area contributed by atoms with Gasteiger partial charge in [0.2, 0.25) is 0 Å². The van der Waals surface area contributed by atoms with E-state index >= 15 is 0 Å². The number of aryl methyl sites for hydroxylation is 1. The van der Waals surface area contributed by atoms with Crippen LogP contribution in [0.1, 0.15) is 49.6 Å². The zero-order valence-electron chi connectivity index (χ0n) is 22.7. The van der Waals surface area contributed by atoms with E-state index in [4.69, 9.17) is 10.7 Å².